The molecular formula is C20H25N2O2. The number of benzene rings is 1. The molecule has 24 heavy (non-hydrogen) atoms. The van der Waals surface area contributed by atoms with Gasteiger partial charge in [-0.1, -0.05) is 24.3 Å². The van der Waals surface area contributed by atoms with Crippen LogP contribution >= 0.6 is 0 Å². The largest absolute Gasteiger partial charge is 0.474 e. The zero-order valence-corrected chi connectivity index (χ0v) is 14.0. The molecule has 0 bridgehead atoms. The Bertz CT molecular complexity index is 638. The van der Waals surface area contributed by atoms with E-state index in [0.717, 1.165) is 36.6 Å². The van der Waals surface area contributed by atoms with Gasteiger partial charge in [-0.3, -0.25) is 5.10 Å². The molecule has 2 aromatic rings. The first-order valence-electron chi connectivity index (χ1n) is 9.10. The molecule has 1 aliphatic carbocycles. The first-order chi connectivity index (χ1) is 11.9. The van der Waals surface area contributed by atoms with E-state index in [2.05, 4.69) is 40.9 Å². The summed E-state index contributed by atoms with van der Waals surface area (Å²) in [6.07, 6.45) is 9.90. The van der Waals surface area contributed by atoms with Crippen molar-refractivity contribution in [1.29, 1.82) is 0 Å². The van der Waals surface area contributed by atoms with E-state index < -0.39 is 0 Å². The molecular weight excluding hydrogens is 300 g/mol. The van der Waals surface area contributed by atoms with Gasteiger partial charge in [0.25, 0.3) is 0 Å². The number of hydrogen-bond donors (Lipinski definition) is 1. The van der Waals surface area contributed by atoms with Gasteiger partial charge in [0.05, 0.1) is 11.8 Å². The van der Waals surface area contributed by atoms with Gasteiger partial charge in [0.2, 0.25) is 5.88 Å². The van der Waals surface area contributed by atoms with Gasteiger partial charge < -0.3 is 9.47 Å². The van der Waals surface area contributed by atoms with Crippen molar-refractivity contribution >= 4 is 0 Å². The summed E-state index contributed by atoms with van der Waals surface area (Å²) < 4.78 is 11.3. The van der Waals surface area contributed by atoms with E-state index in [1.54, 1.807) is 0 Å². The molecule has 127 valence electrons. The van der Waals surface area contributed by atoms with Crippen molar-refractivity contribution in [3.05, 3.63) is 42.3 Å². The van der Waals surface area contributed by atoms with Gasteiger partial charge in [0, 0.05) is 12.7 Å². The zero-order chi connectivity index (χ0) is 16.2. The van der Waals surface area contributed by atoms with Gasteiger partial charge in [0.1, 0.15) is 6.61 Å². The summed E-state index contributed by atoms with van der Waals surface area (Å²) in [6.45, 7) is 1.44. The summed E-state index contributed by atoms with van der Waals surface area (Å²) in [6, 6.07) is 10.9. The lowest BCUT2D eigenvalue weighted by molar-refractivity contribution is 0.0663. The van der Waals surface area contributed by atoms with Crippen LogP contribution in [-0.4, -0.2) is 29.5 Å². The van der Waals surface area contributed by atoms with Crippen LogP contribution < -0.4 is 4.74 Å². The number of nitrogens with one attached hydrogen (secondary N) is 1. The average Bonchev–Trinajstić information content (AvgIpc) is 3.33. The van der Waals surface area contributed by atoms with Crippen molar-refractivity contribution in [2.45, 2.75) is 50.5 Å². The van der Waals surface area contributed by atoms with Crippen LogP contribution in [0.5, 0.6) is 5.88 Å². The Morgan fingerprint density at radius 2 is 1.96 bits per heavy atom. The number of H-pyrrole nitrogens is 1. The standard InChI is InChI=1S/C20H25N2O2/c1-2-5-15(6-3-1)16-8-10-17(11-9-16)19-13-20(22-21-19)24-14-18-7-4-12-23-18/h1,8-11,13,15,18H,2-7,12,14H2,(H,21,22). The molecule has 1 aromatic heterocycles. The Kier molecular flexibility index (Phi) is 4.83. The second-order valence-electron chi connectivity index (χ2n) is 6.83. The van der Waals surface area contributed by atoms with Crippen LogP contribution in [0.1, 0.15) is 50.0 Å². The van der Waals surface area contributed by atoms with Crippen molar-refractivity contribution < 1.29 is 9.47 Å². The Morgan fingerprint density at radius 3 is 2.71 bits per heavy atom. The van der Waals surface area contributed by atoms with E-state index in [0.29, 0.717) is 12.5 Å². The lowest BCUT2D eigenvalue weighted by Gasteiger charge is -2.21. The van der Waals surface area contributed by atoms with Crippen LogP contribution in [0.25, 0.3) is 11.3 Å². The van der Waals surface area contributed by atoms with E-state index >= 15 is 0 Å². The van der Waals surface area contributed by atoms with Crippen molar-refractivity contribution in [2.75, 3.05) is 13.2 Å². The minimum absolute atomic E-state index is 0.220. The second kappa shape index (κ2) is 7.39. The third-order valence-corrected chi connectivity index (χ3v) is 5.13. The number of aromatic amines is 1. The topological polar surface area (TPSA) is 47.1 Å². The number of ether oxygens (including phenoxy) is 2. The molecule has 1 unspecified atom stereocenters. The number of hydrogen-bond acceptors (Lipinski definition) is 3. The third-order valence-electron chi connectivity index (χ3n) is 5.13. The van der Waals surface area contributed by atoms with E-state index in [-0.39, 0.29) is 6.10 Å². The quantitative estimate of drug-likeness (QED) is 0.880. The Labute approximate surface area is 143 Å². The van der Waals surface area contributed by atoms with Crippen LogP contribution in [0.2, 0.25) is 0 Å². The van der Waals surface area contributed by atoms with Crippen LogP contribution in [0.4, 0.5) is 0 Å². The molecule has 4 nitrogen and oxygen atoms in total. The molecule has 0 spiro atoms. The molecule has 2 aliphatic rings. The highest BCUT2D eigenvalue weighted by molar-refractivity contribution is 5.60. The number of aromatic nitrogens is 2. The molecule has 1 N–H and O–H groups in total. The highest BCUT2D eigenvalue weighted by atomic mass is 16.5. The summed E-state index contributed by atoms with van der Waals surface area (Å²) in [5, 5.41) is 7.33. The molecule has 1 aliphatic heterocycles. The maximum Gasteiger partial charge on any atom is 0.233 e. The number of nitrogens with zero attached hydrogens (tertiary/aromatic N) is 1. The summed E-state index contributed by atoms with van der Waals surface area (Å²) >= 11 is 0. The summed E-state index contributed by atoms with van der Waals surface area (Å²) in [4.78, 5) is 0. The highest BCUT2D eigenvalue weighted by Crippen LogP contribution is 2.33. The molecule has 1 aromatic carbocycles. The van der Waals surface area contributed by atoms with Gasteiger partial charge in [-0.25, -0.2) is 0 Å². The van der Waals surface area contributed by atoms with E-state index in [4.69, 9.17) is 9.47 Å². The minimum Gasteiger partial charge on any atom is -0.474 e. The lowest BCUT2D eigenvalue weighted by atomic mass is 9.84. The molecule has 1 saturated carbocycles. The van der Waals surface area contributed by atoms with Crippen LogP contribution in [0, 0.1) is 6.42 Å². The van der Waals surface area contributed by atoms with E-state index in [1.165, 1.54) is 31.2 Å². The normalized spacial score (nSPS) is 21.9. The summed E-state index contributed by atoms with van der Waals surface area (Å²) in [5.74, 6) is 1.36. The predicted octanol–water partition coefficient (Wildman–Crippen LogP) is 4.50. The zero-order valence-electron chi connectivity index (χ0n) is 14.0. The fourth-order valence-corrected chi connectivity index (χ4v) is 3.67. The van der Waals surface area contributed by atoms with Crippen molar-refractivity contribution in [2.24, 2.45) is 0 Å². The fourth-order valence-electron chi connectivity index (χ4n) is 3.67. The molecule has 4 rings (SSSR count). The molecule has 1 radical (unpaired) electrons. The molecule has 4 heteroatoms. The fraction of sp³-hybridized carbons (Fsp3) is 0.500. The molecule has 0 amide bonds. The van der Waals surface area contributed by atoms with Gasteiger partial charge in [0.15, 0.2) is 0 Å². The first-order valence-corrected chi connectivity index (χ1v) is 9.10. The highest BCUT2D eigenvalue weighted by Gasteiger charge is 2.17. The first kappa shape index (κ1) is 15.7. The monoisotopic (exact) mass is 325 g/mol. The van der Waals surface area contributed by atoms with Crippen molar-refractivity contribution in [1.82, 2.24) is 10.2 Å². The molecule has 1 saturated heterocycles. The Balaban J connectivity index is 1.38. The molecule has 2 heterocycles. The maximum atomic E-state index is 5.74. The smallest absolute Gasteiger partial charge is 0.233 e. The van der Waals surface area contributed by atoms with Crippen molar-refractivity contribution in [3.63, 3.8) is 0 Å². The molecule has 1 atom stereocenters. The Morgan fingerprint density at radius 1 is 1.12 bits per heavy atom. The van der Waals surface area contributed by atoms with Gasteiger partial charge in [-0.05, 0) is 62.0 Å². The number of rotatable bonds is 5. The third kappa shape index (κ3) is 3.64. The maximum absolute atomic E-state index is 5.74. The Hall–Kier alpha value is -1.81. The van der Waals surface area contributed by atoms with Crippen molar-refractivity contribution in [3.8, 4) is 17.1 Å². The predicted molar refractivity (Wildman–Crippen MR) is 94.0 cm³/mol. The minimum atomic E-state index is 0.220. The van der Waals surface area contributed by atoms with Gasteiger partial charge in [-0.15, -0.1) is 5.10 Å². The summed E-state index contributed by atoms with van der Waals surface area (Å²) in [5.41, 5.74) is 3.61. The molecule has 2 fully saturated rings. The van der Waals surface area contributed by atoms with E-state index in [9.17, 15) is 0 Å². The summed E-state index contributed by atoms with van der Waals surface area (Å²) in [7, 11) is 0. The van der Waals surface area contributed by atoms with Crippen LogP contribution in [0.3, 0.4) is 0 Å². The van der Waals surface area contributed by atoms with Crippen LogP contribution in [0.15, 0.2) is 30.3 Å². The van der Waals surface area contributed by atoms with Crippen LogP contribution in [-0.2, 0) is 4.74 Å². The van der Waals surface area contributed by atoms with Gasteiger partial charge >= 0.3 is 0 Å². The second-order valence-corrected chi connectivity index (χ2v) is 6.83. The van der Waals surface area contributed by atoms with Gasteiger partial charge in [-0.2, -0.15) is 0 Å². The SMILES string of the molecule is [CH]1CCC(c2ccc(-c3cc(OCC4CCCO4)n[nH]3)cc2)CC1. The lowest BCUT2D eigenvalue weighted by Crippen LogP contribution is -2.16. The van der Waals surface area contributed by atoms with E-state index in [1.807, 2.05) is 6.07 Å². The average molecular weight is 325 g/mol.